The Morgan fingerprint density at radius 2 is 2.09 bits per heavy atom. The van der Waals surface area contributed by atoms with E-state index >= 15 is 0 Å². The lowest BCUT2D eigenvalue weighted by Gasteiger charge is -2.26. The highest BCUT2D eigenvalue weighted by molar-refractivity contribution is 5.90. The maximum Gasteiger partial charge on any atom is 0.410 e. The molecule has 7 heteroatoms. The largest absolute Gasteiger partial charge is 0.489 e. The van der Waals surface area contributed by atoms with Crippen molar-refractivity contribution in [3.63, 3.8) is 0 Å². The number of carbonyl (C=O) groups excluding carboxylic acids is 2. The molecule has 0 spiro atoms. The zero-order chi connectivity index (χ0) is 16.3. The third-order valence-corrected chi connectivity index (χ3v) is 2.99. The Morgan fingerprint density at radius 3 is 2.73 bits per heavy atom. The molecule has 1 amide bonds. The molecule has 0 atom stereocenters. The van der Waals surface area contributed by atoms with E-state index < -0.39 is 17.7 Å². The number of fused-ring (bicyclic) bond motifs is 1. The summed E-state index contributed by atoms with van der Waals surface area (Å²) in [4.78, 5) is 29.5. The molecule has 2 heterocycles. The van der Waals surface area contributed by atoms with Gasteiger partial charge in [-0.25, -0.2) is 14.6 Å². The predicted octanol–water partition coefficient (Wildman–Crippen LogP) is 2.00. The first-order valence-electron chi connectivity index (χ1n) is 6.99. The maximum atomic E-state index is 12.2. The lowest BCUT2D eigenvalue weighted by atomic mass is 10.2. The molecule has 0 saturated heterocycles. The molecule has 1 aliphatic heterocycles. The summed E-state index contributed by atoms with van der Waals surface area (Å²) in [5.74, 6) is -0.206. The number of ether oxygens (including phenoxy) is 3. The summed E-state index contributed by atoms with van der Waals surface area (Å²) in [7, 11) is 1.28. The number of pyridine rings is 1. The van der Waals surface area contributed by atoms with Crippen LogP contribution in [0.25, 0.3) is 0 Å². The van der Waals surface area contributed by atoms with Crippen molar-refractivity contribution in [2.24, 2.45) is 0 Å². The molecule has 1 aromatic heterocycles. The Kier molecular flexibility index (Phi) is 4.54. The summed E-state index contributed by atoms with van der Waals surface area (Å²) < 4.78 is 15.7. The Morgan fingerprint density at radius 1 is 1.36 bits per heavy atom. The van der Waals surface area contributed by atoms with Gasteiger partial charge in [-0.2, -0.15) is 0 Å². The van der Waals surface area contributed by atoms with Crippen LogP contribution in [0.4, 0.5) is 4.79 Å². The molecule has 0 N–H and O–H groups in total. The van der Waals surface area contributed by atoms with Crippen LogP contribution < -0.4 is 4.74 Å². The van der Waals surface area contributed by atoms with Crippen LogP contribution in [0, 0.1) is 0 Å². The number of nitrogens with zero attached hydrogens (tertiary/aromatic N) is 2. The highest BCUT2D eigenvalue weighted by Gasteiger charge is 2.27. The highest BCUT2D eigenvalue weighted by Crippen LogP contribution is 2.27. The first kappa shape index (κ1) is 16.1. The smallest absolute Gasteiger partial charge is 0.410 e. The highest BCUT2D eigenvalue weighted by atomic mass is 16.6. The summed E-state index contributed by atoms with van der Waals surface area (Å²) in [6.45, 7) is 6.34. The molecule has 1 aromatic rings. The molecule has 7 nitrogen and oxygen atoms in total. The third-order valence-electron chi connectivity index (χ3n) is 2.99. The zero-order valence-corrected chi connectivity index (χ0v) is 13.2. The van der Waals surface area contributed by atoms with E-state index in [4.69, 9.17) is 14.2 Å². The molecule has 0 bridgehead atoms. The van der Waals surface area contributed by atoms with Gasteiger partial charge in [-0.1, -0.05) is 0 Å². The fourth-order valence-electron chi connectivity index (χ4n) is 2.04. The fourth-order valence-corrected chi connectivity index (χ4v) is 2.04. The standard InChI is InChI=1S/C15H20N2O5/c1-15(2,3)22-14(19)17-7-8-21-12-10(9-17)5-6-16-11(12)13(18)20-4/h5-6H,7-9H2,1-4H3. The lowest BCUT2D eigenvalue weighted by molar-refractivity contribution is 0.0225. The fraction of sp³-hybridized carbons (Fsp3) is 0.533. The van der Waals surface area contributed by atoms with Crippen molar-refractivity contribution in [1.82, 2.24) is 9.88 Å². The Hall–Kier alpha value is -2.31. The second-order valence-electron chi connectivity index (χ2n) is 5.89. The van der Waals surface area contributed by atoms with Crippen molar-refractivity contribution in [2.45, 2.75) is 32.9 Å². The van der Waals surface area contributed by atoms with Crippen LogP contribution in [0.1, 0.15) is 36.8 Å². The molecule has 0 aromatic carbocycles. The van der Waals surface area contributed by atoms with Gasteiger partial charge in [0.05, 0.1) is 20.2 Å². The summed E-state index contributed by atoms with van der Waals surface area (Å²) in [6.07, 6.45) is 1.08. The van der Waals surface area contributed by atoms with E-state index in [-0.39, 0.29) is 18.8 Å². The van der Waals surface area contributed by atoms with Gasteiger partial charge in [-0.3, -0.25) is 0 Å². The zero-order valence-electron chi connectivity index (χ0n) is 13.2. The Labute approximate surface area is 129 Å². The van der Waals surface area contributed by atoms with Gasteiger partial charge in [0, 0.05) is 11.8 Å². The number of hydrogen-bond donors (Lipinski definition) is 0. The van der Waals surface area contributed by atoms with E-state index in [2.05, 4.69) is 4.98 Å². The normalized spacial score (nSPS) is 14.5. The van der Waals surface area contributed by atoms with Crippen LogP contribution in [0.15, 0.2) is 12.3 Å². The van der Waals surface area contributed by atoms with E-state index in [0.717, 1.165) is 0 Å². The van der Waals surface area contributed by atoms with Crippen LogP contribution >= 0.6 is 0 Å². The third kappa shape index (κ3) is 3.66. The van der Waals surface area contributed by atoms with Crippen LogP contribution in [-0.2, 0) is 16.0 Å². The summed E-state index contributed by atoms with van der Waals surface area (Å²) in [6, 6.07) is 1.71. The van der Waals surface area contributed by atoms with Gasteiger partial charge in [0.2, 0.25) is 0 Å². The molecule has 1 aliphatic rings. The molecule has 0 fully saturated rings. The van der Waals surface area contributed by atoms with Crippen molar-refractivity contribution < 1.29 is 23.8 Å². The molecular formula is C15H20N2O5. The number of carbonyl (C=O) groups is 2. The molecule has 0 aliphatic carbocycles. The summed E-state index contributed by atoms with van der Waals surface area (Å²) >= 11 is 0. The van der Waals surface area contributed by atoms with Crippen LogP contribution in [0.3, 0.4) is 0 Å². The van der Waals surface area contributed by atoms with Gasteiger partial charge < -0.3 is 19.1 Å². The Balaban J connectivity index is 2.24. The van der Waals surface area contributed by atoms with Crippen LogP contribution in [0.5, 0.6) is 5.75 Å². The van der Waals surface area contributed by atoms with Crippen LogP contribution in [0.2, 0.25) is 0 Å². The summed E-state index contributed by atoms with van der Waals surface area (Å²) in [5.41, 5.74) is 0.243. The van der Waals surface area contributed by atoms with Gasteiger partial charge in [0.1, 0.15) is 12.2 Å². The lowest BCUT2D eigenvalue weighted by Crippen LogP contribution is -2.37. The van der Waals surface area contributed by atoms with E-state index in [1.54, 1.807) is 6.07 Å². The first-order valence-corrected chi connectivity index (χ1v) is 6.99. The second kappa shape index (κ2) is 6.21. The first-order chi connectivity index (χ1) is 10.3. The average Bonchev–Trinajstić information content (AvgIpc) is 2.66. The SMILES string of the molecule is COC(=O)c1nccc2c1OCCN(C(=O)OC(C)(C)C)C2. The molecule has 0 saturated carbocycles. The molecule has 0 unspecified atom stereocenters. The molecule has 0 radical (unpaired) electrons. The number of methoxy groups -OCH3 is 1. The molecule has 22 heavy (non-hydrogen) atoms. The number of hydrogen-bond acceptors (Lipinski definition) is 6. The van der Waals surface area contributed by atoms with Crippen molar-refractivity contribution in [2.75, 3.05) is 20.3 Å². The van der Waals surface area contributed by atoms with Crippen molar-refractivity contribution in [1.29, 1.82) is 0 Å². The number of rotatable bonds is 1. The van der Waals surface area contributed by atoms with E-state index in [1.165, 1.54) is 18.2 Å². The monoisotopic (exact) mass is 308 g/mol. The second-order valence-corrected chi connectivity index (χ2v) is 5.89. The average molecular weight is 308 g/mol. The molecule has 2 rings (SSSR count). The van der Waals surface area contributed by atoms with Gasteiger partial charge in [0.25, 0.3) is 0 Å². The van der Waals surface area contributed by atoms with E-state index in [1.807, 2.05) is 20.8 Å². The van der Waals surface area contributed by atoms with Gasteiger partial charge in [-0.05, 0) is 26.8 Å². The number of aromatic nitrogens is 1. The van der Waals surface area contributed by atoms with E-state index in [9.17, 15) is 9.59 Å². The maximum absolute atomic E-state index is 12.2. The minimum Gasteiger partial charge on any atom is -0.489 e. The van der Waals surface area contributed by atoms with E-state index in [0.29, 0.717) is 17.9 Å². The quantitative estimate of drug-likeness (QED) is 0.738. The van der Waals surface area contributed by atoms with Crippen LogP contribution in [-0.4, -0.2) is 47.8 Å². The minimum atomic E-state index is -0.567. The van der Waals surface area contributed by atoms with Crippen molar-refractivity contribution in [3.8, 4) is 5.75 Å². The molecular weight excluding hydrogens is 288 g/mol. The minimum absolute atomic E-state index is 0.117. The Bertz CT molecular complexity index is 580. The molecule has 120 valence electrons. The van der Waals surface area contributed by atoms with Gasteiger partial charge in [0.15, 0.2) is 11.4 Å². The predicted molar refractivity (Wildman–Crippen MR) is 77.7 cm³/mol. The van der Waals surface area contributed by atoms with Crippen molar-refractivity contribution >= 4 is 12.1 Å². The number of amides is 1. The topological polar surface area (TPSA) is 78.0 Å². The number of esters is 1. The van der Waals surface area contributed by atoms with Crippen molar-refractivity contribution in [3.05, 3.63) is 23.5 Å². The summed E-state index contributed by atoms with van der Waals surface area (Å²) in [5, 5.41) is 0. The van der Waals surface area contributed by atoms with Gasteiger partial charge >= 0.3 is 12.1 Å². The van der Waals surface area contributed by atoms with Gasteiger partial charge in [-0.15, -0.1) is 0 Å².